The maximum Gasteiger partial charge on any atom is 0.271 e. The summed E-state index contributed by atoms with van der Waals surface area (Å²) in [5, 5.41) is 4.03. The first-order valence-corrected chi connectivity index (χ1v) is 12.5. The highest BCUT2D eigenvalue weighted by Crippen LogP contribution is 2.28. The predicted molar refractivity (Wildman–Crippen MR) is 142 cm³/mol. The van der Waals surface area contributed by atoms with E-state index in [9.17, 15) is 4.79 Å². The van der Waals surface area contributed by atoms with Gasteiger partial charge < -0.3 is 14.2 Å². The minimum Gasteiger partial charge on any atom is -0.490 e. The number of ether oxygens (including phenoxy) is 3. The smallest absolute Gasteiger partial charge is 0.271 e. The van der Waals surface area contributed by atoms with Crippen molar-refractivity contribution in [2.75, 3.05) is 19.8 Å². The van der Waals surface area contributed by atoms with Crippen LogP contribution in [0.1, 0.15) is 61.0 Å². The monoisotopic (exact) mass is 489 g/mol. The van der Waals surface area contributed by atoms with Gasteiger partial charge in [0.15, 0.2) is 11.5 Å². The molecule has 0 unspecified atom stereocenters. The number of hydrazone groups is 1. The third kappa shape index (κ3) is 9.06. The fourth-order valence-electron chi connectivity index (χ4n) is 3.55. The molecule has 0 aliphatic rings. The van der Waals surface area contributed by atoms with Crippen molar-refractivity contribution in [1.29, 1.82) is 0 Å². The van der Waals surface area contributed by atoms with E-state index in [1.165, 1.54) is 31.2 Å². The molecule has 1 heterocycles. The minimum atomic E-state index is -0.305. The Hall–Kier alpha value is -3.87. The summed E-state index contributed by atoms with van der Waals surface area (Å²) < 4.78 is 17.5. The minimum absolute atomic E-state index is 0.305. The number of nitrogens with zero attached hydrogens (tertiary/aromatic N) is 2. The molecule has 1 amide bonds. The topological polar surface area (TPSA) is 82.0 Å². The molecule has 2 aromatic carbocycles. The molecule has 0 radical (unpaired) electrons. The number of rotatable bonds is 15. The fraction of sp³-hybridized carbons (Fsp3) is 0.345. The predicted octanol–water partition coefficient (Wildman–Crippen LogP) is 5.82. The molecule has 7 nitrogen and oxygen atoms in total. The molecule has 0 spiro atoms. The average Bonchev–Trinajstić information content (AvgIpc) is 2.91. The summed E-state index contributed by atoms with van der Waals surface area (Å²) in [6.07, 6.45) is 10.9. The standard InChI is InChI=1S/C29H35N3O4/c1-3-5-6-7-8-23-9-12-26(13-10-23)35-19-20-36-27-14-11-24(21-28(27)34-4-2)22-31-32-29(33)25-15-17-30-18-16-25/h9-18,21-22H,3-8,19-20H2,1-2H3,(H,32,33). The Kier molecular flexibility index (Phi) is 11.3. The lowest BCUT2D eigenvalue weighted by molar-refractivity contribution is 0.0955. The summed E-state index contributed by atoms with van der Waals surface area (Å²) >= 11 is 0. The SMILES string of the molecule is CCCCCCc1ccc(OCCOc2ccc(C=NNC(=O)c3ccncc3)cc2OCC)cc1. The van der Waals surface area contributed by atoms with Crippen LogP contribution in [-0.2, 0) is 6.42 Å². The van der Waals surface area contributed by atoms with Gasteiger partial charge in [-0.3, -0.25) is 9.78 Å². The third-order valence-electron chi connectivity index (χ3n) is 5.44. The van der Waals surface area contributed by atoms with E-state index in [4.69, 9.17) is 14.2 Å². The van der Waals surface area contributed by atoms with Crippen LogP contribution in [0.25, 0.3) is 0 Å². The Morgan fingerprint density at radius 1 is 0.889 bits per heavy atom. The maximum absolute atomic E-state index is 12.1. The Labute approximate surface area is 213 Å². The van der Waals surface area contributed by atoms with Gasteiger partial charge in [0.2, 0.25) is 0 Å². The van der Waals surface area contributed by atoms with Crippen LogP contribution in [0.15, 0.2) is 72.1 Å². The zero-order chi connectivity index (χ0) is 25.4. The Morgan fingerprint density at radius 2 is 1.67 bits per heavy atom. The Bertz CT molecular complexity index is 1090. The molecule has 0 saturated heterocycles. The Balaban J connectivity index is 1.46. The maximum atomic E-state index is 12.1. The molecule has 1 N–H and O–H groups in total. The van der Waals surface area contributed by atoms with Crippen molar-refractivity contribution < 1.29 is 19.0 Å². The highest BCUT2D eigenvalue weighted by molar-refractivity contribution is 5.94. The van der Waals surface area contributed by atoms with Crippen LogP contribution in [0, 0.1) is 0 Å². The van der Waals surface area contributed by atoms with Crippen LogP contribution >= 0.6 is 0 Å². The van der Waals surface area contributed by atoms with Crippen LogP contribution in [-0.4, -0.2) is 36.9 Å². The van der Waals surface area contributed by atoms with Gasteiger partial charge in [0.1, 0.15) is 19.0 Å². The van der Waals surface area contributed by atoms with Crippen LogP contribution in [0.2, 0.25) is 0 Å². The number of amides is 1. The van der Waals surface area contributed by atoms with E-state index in [-0.39, 0.29) is 5.91 Å². The summed E-state index contributed by atoms with van der Waals surface area (Å²) in [4.78, 5) is 16.0. The Morgan fingerprint density at radius 3 is 2.42 bits per heavy atom. The molecule has 0 aliphatic carbocycles. The van der Waals surface area contributed by atoms with Gasteiger partial charge in [-0.25, -0.2) is 5.43 Å². The number of pyridine rings is 1. The van der Waals surface area contributed by atoms with Crippen molar-refractivity contribution >= 4 is 12.1 Å². The number of aryl methyl sites for hydroxylation is 1. The van der Waals surface area contributed by atoms with Crippen molar-refractivity contribution in [3.63, 3.8) is 0 Å². The van der Waals surface area contributed by atoms with Crippen molar-refractivity contribution in [2.45, 2.75) is 46.0 Å². The molecule has 0 aliphatic heterocycles. The van der Waals surface area contributed by atoms with E-state index >= 15 is 0 Å². The first kappa shape index (κ1) is 26.7. The van der Waals surface area contributed by atoms with Gasteiger partial charge in [-0.2, -0.15) is 5.10 Å². The van der Waals surface area contributed by atoms with Crippen molar-refractivity contribution in [1.82, 2.24) is 10.4 Å². The number of unbranched alkanes of at least 4 members (excludes halogenated alkanes) is 3. The fourth-order valence-corrected chi connectivity index (χ4v) is 3.55. The summed E-state index contributed by atoms with van der Waals surface area (Å²) in [5.41, 5.74) is 5.11. The normalized spacial score (nSPS) is 10.8. The summed E-state index contributed by atoms with van der Waals surface area (Å²) in [6, 6.07) is 17.0. The second-order valence-corrected chi connectivity index (χ2v) is 8.23. The zero-order valence-electron chi connectivity index (χ0n) is 21.1. The average molecular weight is 490 g/mol. The van der Waals surface area contributed by atoms with Gasteiger partial charge in [-0.15, -0.1) is 0 Å². The van der Waals surface area contributed by atoms with Gasteiger partial charge in [0.05, 0.1) is 12.8 Å². The van der Waals surface area contributed by atoms with E-state index in [1.807, 2.05) is 37.3 Å². The third-order valence-corrected chi connectivity index (χ3v) is 5.44. The quantitative estimate of drug-likeness (QED) is 0.165. The van der Waals surface area contributed by atoms with Crippen LogP contribution in [0.4, 0.5) is 0 Å². The summed E-state index contributed by atoms with van der Waals surface area (Å²) in [5.74, 6) is 1.76. The number of aromatic nitrogens is 1. The van der Waals surface area contributed by atoms with Crippen molar-refractivity contribution in [3.05, 3.63) is 83.7 Å². The van der Waals surface area contributed by atoms with Gasteiger partial charge in [0.25, 0.3) is 5.91 Å². The molecule has 7 heteroatoms. The molecule has 0 bridgehead atoms. The van der Waals surface area contributed by atoms with Crippen LogP contribution < -0.4 is 19.6 Å². The number of carbonyl (C=O) groups excluding carboxylic acids is 1. The lowest BCUT2D eigenvalue weighted by Gasteiger charge is -2.13. The van der Waals surface area contributed by atoms with E-state index in [0.717, 1.165) is 17.7 Å². The van der Waals surface area contributed by atoms with Crippen molar-refractivity contribution in [2.24, 2.45) is 5.10 Å². The molecule has 0 atom stereocenters. The molecule has 1 aromatic heterocycles. The number of hydrogen-bond acceptors (Lipinski definition) is 6. The molecule has 36 heavy (non-hydrogen) atoms. The molecule has 0 fully saturated rings. The molecular weight excluding hydrogens is 454 g/mol. The molecule has 3 aromatic rings. The molecule has 3 rings (SSSR count). The van der Waals surface area contributed by atoms with Gasteiger partial charge in [-0.1, -0.05) is 38.3 Å². The van der Waals surface area contributed by atoms with Crippen LogP contribution in [0.3, 0.4) is 0 Å². The largest absolute Gasteiger partial charge is 0.490 e. The first-order valence-electron chi connectivity index (χ1n) is 12.5. The summed E-state index contributed by atoms with van der Waals surface area (Å²) in [7, 11) is 0. The van der Waals surface area contributed by atoms with E-state index < -0.39 is 0 Å². The lowest BCUT2D eigenvalue weighted by atomic mass is 10.1. The molecule has 190 valence electrons. The molecule has 0 saturated carbocycles. The second kappa shape index (κ2) is 15.2. The van der Waals surface area contributed by atoms with Gasteiger partial charge >= 0.3 is 0 Å². The van der Waals surface area contributed by atoms with E-state index in [2.05, 4.69) is 34.6 Å². The number of hydrogen-bond donors (Lipinski definition) is 1. The molecular formula is C29H35N3O4. The van der Waals surface area contributed by atoms with E-state index in [1.54, 1.807) is 30.7 Å². The number of nitrogens with one attached hydrogen (secondary N) is 1. The highest BCUT2D eigenvalue weighted by Gasteiger charge is 2.07. The number of carbonyl (C=O) groups is 1. The first-order chi connectivity index (χ1) is 17.7. The second-order valence-electron chi connectivity index (χ2n) is 8.23. The summed E-state index contributed by atoms with van der Waals surface area (Å²) in [6.45, 7) is 5.44. The highest BCUT2D eigenvalue weighted by atomic mass is 16.5. The zero-order valence-corrected chi connectivity index (χ0v) is 21.1. The van der Waals surface area contributed by atoms with Crippen LogP contribution in [0.5, 0.6) is 17.2 Å². The number of benzene rings is 2. The lowest BCUT2D eigenvalue weighted by Crippen LogP contribution is -2.17. The van der Waals surface area contributed by atoms with E-state index in [0.29, 0.717) is 36.9 Å². The van der Waals surface area contributed by atoms with Gasteiger partial charge in [0, 0.05) is 18.0 Å². The van der Waals surface area contributed by atoms with Crippen molar-refractivity contribution in [3.8, 4) is 17.2 Å². The van der Waals surface area contributed by atoms with Gasteiger partial charge in [-0.05, 0) is 73.4 Å².